The Morgan fingerprint density at radius 2 is 1.79 bits per heavy atom. The van der Waals surface area contributed by atoms with Crippen molar-refractivity contribution in [2.45, 2.75) is 26.7 Å². The molecule has 0 unspecified atom stereocenters. The van der Waals surface area contributed by atoms with E-state index in [1.54, 1.807) is 0 Å². The SMILES string of the molecule is CCc1cccc(CC)c1NC(=O)CNc1cc(Cl)ccc1N1CCOCC1. The van der Waals surface area contributed by atoms with Gasteiger partial charge in [-0.1, -0.05) is 43.6 Å². The largest absolute Gasteiger partial charge is 0.378 e. The highest BCUT2D eigenvalue weighted by atomic mass is 35.5. The van der Waals surface area contributed by atoms with Crippen LogP contribution in [-0.2, 0) is 22.4 Å². The summed E-state index contributed by atoms with van der Waals surface area (Å²) < 4.78 is 5.44. The lowest BCUT2D eigenvalue weighted by Gasteiger charge is -2.30. The summed E-state index contributed by atoms with van der Waals surface area (Å²) in [5.74, 6) is -0.0662. The van der Waals surface area contributed by atoms with Crippen LogP contribution in [0.2, 0.25) is 5.02 Å². The lowest BCUT2D eigenvalue weighted by atomic mass is 10.0. The van der Waals surface area contributed by atoms with Gasteiger partial charge in [0.15, 0.2) is 0 Å². The standard InChI is InChI=1S/C22H28ClN3O2/c1-3-16-6-5-7-17(4-2)22(16)25-21(27)15-24-19-14-18(23)8-9-20(19)26-10-12-28-13-11-26/h5-9,14,24H,3-4,10-13,15H2,1-2H3,(H,25,27). The summed E-state index contributed by atoms with van der Waals surface area (Å²) in [5, 5.41) is 7.01. The number of amides is 1. The number of para-hydroxylation sites is 1. The highest BCUT2D eigenvalue weighted by molar-refractivity contribution is 6.31. The van der Waals surface area contributed by atoms with Crippen LogP contribution >= 0.6 is 11.6 Å². The number of benzene rings is 2. The highest BCUT2D eigenvalue weighted by Gasteiger charge is 2.16. The van der Waals surface area contributed by atoms with Gasteiger partial charge in [-0.25, -0.2) is 0 Å². The van der Waals surface area contributed by atoms with Crippen LogP contribution in [0.1, 0.15) is 25.0 Å². The molecule has 2 aromatic rings. The van der Waals surface area contributed by atoms with Crippen molar-refractivity contribution in [2.24, 2.45) is 0 Å². The van der Waals surface area contributed by atoms with Crippen molar-refractivity contribution in [3.05, 3.63) is 52.5 Å². The van der Waals surface area contributed by atoms with Crippen LogP contribution in [0.4, 0.5) is 17.1 Å². The molecule has 0 atom stereocenters. The van der Waals surface area contributed by atoms with Gasteiger partial charge in [0.1, 0.15) is 0 Å². The predicted octanol–water partition coefficient (Wildman–Crippen LogP) is 4.35. The van der Waals surface area contributed by atoms with Crippen LogP contribution in [0, 0.1) is 0 Å². The van der Waals surface area contributed by atoms with E-state index in [9.17, 15) is 4.79 Å². The van der Waals surface area contributed by atoms with Gasteiger partial charge in [0.2, 0.25) is 5.91 Å². The molecule has 5 nitrogen and oxygen atoms in total. The first-order valence-corrected chi connectivity index (χ1v) is 10.3. The molecule has 1 saturated heterocycles. The Bertz CT molecular complexity index is 797. The molecule has 150 valence electrons. The molecular formula is C22H28ClN3O2. The smallest absolute Gasteiger partial charge is 0.243 e. The zero-order chi connectivity index (χ0) is 19.9. The Hall–Kier alpha value is -2.24. The van der Waals surface area contributed by atoms with Gasteiger partial charge in [0.25, 0.3) is 0 Å². The first-order chi connectivity index (χ1) is 13.6. The van der Waals surface area contributed by atoms with Crippen molar-refractivity contribution in [1.29, 1.82) is 0 Å². The Balaban J connectivity index is 1.71. The van der Waals surface area contributed by atoms with Crippen LogP contribution in [-0.4, -0.2) is 38.8 Å². The molecule has 0 aliphatic carbocycles. The van der Waals surface area contributed by atoms with Crippen molar-refractivity contribution in [1.82, 2.24) is 0 Å². The average Bonchev–Trinajstić information content (AvgIpc) is 2.73. The number of carbonyl (C=O) groups excluding carboxylic acids is 1. The maximum absolute atomic E-state index is 12.7. The quantitative estimate of drug-likeness (QED) is 0.724. The summed E-state index contributed by atoms with van der Waals surface area (Å²) in [6, 6.07) is 11.9. The summed E-state index contributed by atoms with van der Waals surface area (Å²) in [5.41, 5.74) is 5.17. The minimum absolute atomic E-state index is 0.0662. The molecule has 1 heterocycles. The normalized spacial score (nSPS) is 14.0. The van der Waals surface area contributed by atoms with E-state index in [1.165, 1.54) is 0 Å². The third-order valence-electron chi connectivity index (χ3n) is 5.01. The fraction of sp³-hybridized carbons (Fsp3) is 0.409. The Labute approximate surface area is 172 Å². The molecule has 0 aromatic heterocycles. The van der Waals surface area contributed by atoms with Gasteiger partial charge < -0.3 is 20.3 Å². The van der Waals surface area contributed by atoms with Crippen LogP contribution in [0.5, 0.6) is 0 Å². The monoisotopic (exact) mass is 401 g/mol. The number of hydrogen-bond donors (Lipinski definition) is 2. The number of hydrogen-bond acceptors (Lipinski definition) is 4. The number of morpholine rings is 1. The molecule has 0 spiro atoms. The van der Waals surface area contributed by atoms with Crippen LogP contribution in [0.3, 0.4) is 0 Å². The molecule has 2 aromatic carbocycles. The van der Waals surface area contributed by atoms with E-state index in [0.717, 1.165) is 54.1 Å². The zero-order valence-corrected chi connectivity index (χ0v) is 17.3. The Morgan fingerprint density at radius 3 is 2.43 bits per heavy atom. The minimum atomic E-state index is -0.0662. The maximum Gasteiger partial charge on any atom is 0.243 e. The molecule has 0 bridgehead atoms. The lowest BCUT2D eigenvalue weighted by molar-refractivity contribution is -0.114. The van der Waals surface area contributed by atoms with Crippen LogP contribution < -0.4 is 15.5 Å². The van der Waals surface area contributed by atoms with Crippen molar-refractivity contribution in [2.75, 3.05) is 48.4 Å². The first-order valence-electron chi connectivity index (χ1n) is 9.89. The Morgan fingerprint density at radius 1 is 1.11 bits per heavy atom. The van der Waals surface area contributed by atoms with E-state index >= 15 is 0 Å². The second kappa shape index (κ2) is 9.80. The molecule has 3 rings (SSSR count). The van der Waals surface area contributed by atoms with Crippen LogP contribution in [0.15, 0.2) is 36.4 Å². The van der Waals surface area contributed by atoms with Crippen molar-refractivity contribution in [3.63, 3.8) is 0 Å². The van der Waals surface area contributed by atoms with Gasteiger partial charge in [-0.15, -0.1) is 0 Å². The third-order valence-corrected chi connectivity index (χ3v) is 5.25. The average molecular weight is 402 g/mol. The number of rotatable bonds is 7. The van der Waals surface area contributed by atoms with E-state index in [4.69, 9.17) is 16.3 Å². The third kappa shape index (κ3) is 4.97. The van der Waals surface area contributed by atoms with Gasteiger partial charge in [-0.2, -0.15) is 0 Å². The van der Waals surface area contributed by atoms with Gasteiger partial charge in [0.05, 0.1) is 31.1 Å². The molecule has 2 N–H and O–H groups in total. The van der Waals surface area contributed by atoms with Gasteiger partial charge in [-0.05, 0) is 42.2 Å². The van der Waals surface area contributed by atoms with E-state index in [1.807, 2.05) is 24.3 Å². The summed E-state index contributed by atoms with van der Waals surface area (Å²) in [4.78, 5) is 14.9. The number of carbonyl (C=O) groups is 1. The number of ether oxygens (including phenoxy) is 1. The molecule has 0 saturated carbocycles. The summed E-state index contributed by atoms with van der Waals surface area (Å²) >= 11 is 6.20. The van der Waals surface area contributed by atoms with E-state index in [0.29, 0.717) is 18.2 Å². The Kier molecular flexibility index (Phi) is 7.18. The van der Waals surface area contributed by atoms with Gasteiger partial charge in [0, 0.05) is 23.8 Å². The molecule has 6 heteroatoms. The minimum Gasteiger partial charge on any atom is -0.378 e. The summed E-state index contributed by atoms with van der Waals surface area (Å²) in [7, 11) is 0. The second-order valence-corrected chi connectivity index (χ2v) is 7.26. The molecule has 1 aliphatic rings. The number of nitrogens with zero attached hydrogens (tertiary/aromatic N) is 1. The number of anilines is 3. The predicted molar refractivity (Wildman–Crippen MR) is 117 cm³/mol. The van der Waals surface area contributed by atoms with Gasteiger partial charge in [-0.3, -0.25) is 4.79 Å². The molecule has 0 radical (unpaired) electrons. The van der Waals surface area contributed by atoms with Gasteiger partial charge >= 0.3 is 0 Å². The highest BCUT2D eigenvalue weighted by Crippen LogP contribution is 2.30. The van der Waals surface area contributed by atoms with Crippen molar-refractivity contribution in [3.8, 4) is 0 Å². The summed E-state index contributed by atoms with van der Waals surface area (Å²) in [6.07, 6.45) is 1.76. The molecule has 1 amide bonds. The molecule has 1 fully saturated rings. The lowest BCUT2D eigenvalue weighted by Crippen LogP contribution is -2.36. The number of nitrogens with one attached hydrogen (secondary N) is 2. The molecule has 28 heavy (non-hydrogen) atoms. The second-order valence-electron chi connectivity index (χ2n) is 6.82. The van der Waals surface area contributed by atoms with Crippen molar-refractivity contribution >= 4 is 34.6 Å². The number of halogens is 1. The van der Waals surface area contributed by atoms with E-state index in [-0.39, 0.29) is 12.5 Å². The first kappa shape index (κ1) is 20.5. The van der Waals surface area contributed by atoms with E-state index in [2.05, 4.69) is 41.5 Å². The topological polar surface area (TPSA) is 53.6 Å². The molecular weight excluding hydrogens is 374 g/mol. The fourth-order valence-corrected chi connectivity index (χ4v) is 3.66. The van der Waals surface area contributed by atoms with Crippen LogP contribution in [0.25, 0.3) is 0 Å². The number of aryl methyl sites for hydroxylation is 2. The zero-order valence-electron chi connectivity index (χ0n) is 16.6. The summed E-state index contributed by atoms with van der Waals surface area (Å²) in [6.45, 7) is 7.44. The maximum atomic E-state index is 12.7. The fourth-order valence-electron chi connectivity index (χ4n) is 3.49. The van der Waals surface area contributed by atoms with E-state index < -0.39 is 0 Å². The van der Waals surface area contributed by atoms with Crippen molar-refractivity contribution < 1.29 is 9.53 Å². The molecule has 1 aliphatic heterocycles.